The minimum Gasteiger partial charge on any atom is -0.504 e. The summed E-state index contributed by atoms with van der Waals surface area (Å²) in [5.41, 5.74) is 5.32. The fourth-order valence-corrected chi connectivity index (χ4v) is 9.37. The summed E-state index contributed by atoms with van der Waals surface area (Å²) < 4.78 is 52.5. The molecule has 0 bridgehead atoms. The number of methoxy groups -OCH3 is 1. The molecule has 77 heavy (non-hydrogen) atoms. The molecule has 0 aliphatic carbocycles. The zero-order valence-corrected chi connectivity index (χ0v) is 45.4. The van der Waals surface area contributed by atoms with Gasteiger partial charge in [0.15, 0.2) is 34.5 Å². The number of hydrogen-bond donors (Lipinski definition) is 5. The molecule has 2 aromatic heterocycles. The summed E-state index contributed by atoms with van der Waals surface area (Å²) in [4.78, 5) is 17.4. The van der Waals surface area contributed by atoms with Gasteiger partial charge in [0.1, 0.15) is 37.8 Å². The number of rotatable bonds is 20. The molecule has 5 N–H and O–H groups in total. The fraction of sp³-hybridized carbons (Fsp3) is 0.446. The summed E-state index contributed by atoms with van der Waals surface area (Å²) in [7, 11) is 0.164. The average molecular weight is 1130 g/mol. The van der Waals surface area contributed by atoms with Crippen LogP contribution in [0.4, 0.5) is 0 Å². The number of aromatic nitrogens is 2. The Hall–Kier alpha value is -5.69. The molecule has 0 unspecified atom stereocenters. The van der Waals surface area contributed by atoms with Gasteiger partial charge in [-0.15, -0.1) is 0 Å². The van der Waals surface area contributed by atoms with Crippen molar-refractivity contribution in [1.82, 2.24) is 29.6 Å². The topological polar surface area (TPSA) is 206 Å². The lowest BCUT2D eigenvalue weighted by Crippen LogP contribution is -2.39. The summed E-state index contributed by atoms with van der Waals surface area (Å²) in [6, 6.07) is 25.9. The van der Waals surface area contributed by atoms with Crippen LogP contribution in [-0.2, 0) is 18.9 Å². The molecule has 10 rings (SSSR count). The lowest BCUT2D eigenvalue weighted by atomic mass is 9.80. The zero-order valence-electron chi connectivity index (χ0n) is 43.9. The van der Waals surface area contributed by atoms with E-state index < -0.39 is 7.12 Å². The first-order valence-electron chi connectivity index (χ1n) is 26.3. The van der Waals surface area contributed by atoms with Crippen molar-refractivity contribution in [3.63, 3.8) is 0 Å². The van der Waals surface area contributed by atoms with Gasteiger partial charge in [-0.05, 0) is 65.6 Å². The van der Waals surface area contributed by atoms with Gasteiger partial charge in [-0.3, -0.25) is 19.6 Å². The standard InChI is InChI=1S/C32H38N4O5.C18H29BN2O6.C6H5BrO2/c1-37-29-5-3-2-4-26(29)28-23-34-32-27(28)20-25(22-33-32)24-6-7-30(40-18-12-35-8-14-38-15-9-35)31(21-24)41-19-13-36-10-16-39-17-11-36;22-19(23)16-1-2-17(26-13-7-20-3-9-24-10-4-20)18(15-16)27-14-8-21-5-11-25-12-6-21;7-4-1-2-5(8)6(9)3-4/h2-7,20-23H,8-19H2,1H3,(H,33,34);1-2,15,22-23H,3-14H2;1-3,8-9H. The van der Waals surface area contributed by atoms with Crippen LogP contribution in [-0.4, -0.2) is 222 Å². The van der Waals surface area contributed by atoms with E-state index in [0.29, 0.717) is 43.4 Å². The number of benzene rings is 4. The molecule has 414 valence electrons. The van der Waals surface area contributed by atoms with E-state index in [4.69, 9.17) is 57.8 Å². The summed E-state index contributed by atoms with van der Waals surface area (Å²) in [5, 5.41) is 37.5. The molecule has 0 spiro atoms. The average Bonchev–Trinajstić information content (AvgIpc) is 3.90. The SMILES string of the molecule is COc1ccccc1-c1c[nH]c2ncc(-c3ccc(OCCN4CCOCC4)c(OCCN4CCOCC4)c3)cc12.OB(O)c1ccc(OCCN2CCOCC2)c(OCCN2CCOCC2)c1.Oc1ccc(Br)cc1O. The molecule has 4 aromatic carbocycles. The molecule has 6 heterocycles. The van der Waals surface area contributed by atoms with Gasteiger partial charge in [0.05, 0.1) is 60.0 Å². The number of ether oxygens (including phenoxy) is 9. The van der Waals surface area contributed by atoms with Crippen LogP contribution in [0.15, 0.2) is 102 Å². The lowest BCUT2D eigenvalue weighted by Gasteiger charge is -2.27. The second-order valence-electron chi connectivity index (χ2n) is 18.6. The van der Waals surface area contributed by atoms with Gasteiger partial charge >= 0.3 is 7.12 Å². The number of nitrogens with zero attached hydrogens (tertiary/aromatic N) is 5. The van der Waals surface area contributed by atoms with Crippen molar-refractivity contribution < 1.29 is 62.9 Å². The van der Waals surface area contributed by atoms with Crippen LogP contribution in [0, 0.1) is 0 Å². The lowest BCUT2D eigenvalue weighted by molar-refractivity contribution is 0.0305. The molecule has 0 atom stereocenters. The number of hydrogen-bond acceptors (Lipinski definition) is 18. The molecule has 19 nitrogen and oxygen atoms in total. The first kappa shape index (κ1) is 57.5. The van der Waals surface area contributed by atoms with Crippen molar-refractivity contribution in [2.75, 3.05) is 165 Å². The third-order valence-corrected chi connectivity index (χ3v) is 14.0. The molecule has 4 fully saturated rings. The van der Waals surface area contributed by atoms with Crippen molar-refractivity contribution in [3.05, 3.63) is 102 Å². The number of nitrogens with one attached hydrogen (secondary N) is 1. The van der Waals surface area contributed by atoms with E-state index in [9.17, 15) is 10.0 Å². The van der Waals surface area contributed by atoms with Crippen LogP contribution in [0.25, 0.3) is 33.3 Å². The first-order valence-corrected chi connectivity index (χ1v) is 27.1. The van der Waals surface area contributed by atoms with E-state index in [1.54, 1.807) is 31.4 Å². The molecule has 6 aromatic rings. The Morgan fingerprint density at radius 3 is 1.52 bits per heavy atom. The minimum atomic E-state index is -1.53. The van der Waals surface area contributed by atoms with Gasteiger partial charge in [-0.1, -0.05) is 46.3 Å². The molecule has 4 aliphatic heterocycles. The number of fused-ring (bicyclic) bond motifs is 1. The molecule has 4 saturated heterocycles. The number of morpholine rings is 4. The number of halogens is 1. The second-order valence-corrected chi connectivity index (χ2v) is 19.5. The van der Waals surface area contributed by atoms with Crippen molar-refractivity contribution in [1.29, 1.82) is 0 Å². The molecule has 0 amide bonds. The molecular weight excluding hydrogens is 1060 g/mol. The van der Waals surface area contributed by atoms with Crippen molar-refractivity contribution in [3.8, 4) is 62.5 Å². The highest BCUT2D eigenvalue weighted by molar-refractivity contribution is 9.10. The normalized spacial score (nSPS) is 16.6. The third kappa shape index (κ3) is 17.7. The van der Waals surface area contributed by atoms with Crippen molar-refractivity contribution in [2.24, 2.45) is 0 Å². The van der Waals surface area contributed by atoms with E-state index in [2.05, 4.69) is 64.8 Å². The van der Waals surface area contributed by atoms with Crippen molar-refractivity contribution >= 4 is 39.5 Å². The Kier molecular flexibility index (Phi) is 22.7. The Morgan fingerprint density at radius 1 is 0.532 bits per heavy atom. The molecule has 0 radical (unpaired) electrons. The number of aromatic hydroxyl groups is 2. The Morgan fingerprint density at radius 2 is 1.03 bits per heavy atom. The monoisotopic (exact) mass is 1130 g/mol. The quantitative estimate of drug-likeness (QED) is 0.0505. The van der Waals surface area contributed by atoms with Crippen LogP contribution in [0.3, 0.4) is 0 Å². The number of phenolic OH excluding ortho intramolecular Hbond substituents is 2. The number of phenols is 2. The zero-order chi connectivity index (χ0) is 53.6. The van der Waals surface area contributed by atoms with E-state index in [-0.39, 0.29) is 11.5 Å². The van der Waals surface area contributed by atoms with Crippen LogP contribution >= 0.6 is 15.9 Å². The van der Waals surface area contributed by atoms with E-state index in [1.165, 1.54) is 12.1 Å². The summed E-state index contributed by atoms with van der Waals surface area (Å²) in [6.45, 7) is 19.1. The Bertz CT molecular complexity index is 2720. The fourth-order valence-electron chi connectivity index (χ4n) is 9.02. The molecular formula is C56H72BBrN6O13. The maximum Gasteiger partial charge on any atom is 0.488 e. The van der Waals surface area contributed by atoms with Crippen LogP contribution < -0.4 is 29.1 Å². The summed E-state index contributed by atoms with van der Waals surface area (Å²) in [5.74, 6) is 3.28. The Labute approximate surface area is 459 Å². The maximum atomic E-state index is 9.43. The van der Waals surface area contributed by atoms with Gasteiger partial charge in [0.2, 0.25) is 0 Å². The number of H-pyrrole nitrogens is 1. The molecule has 21 heteroatoms. The highest BCUT2D eigenvalue weighted by Crippen LogP contribution is 2.38. The summed E-state index contributed by atoms with van der Waals surface area (Å²) >= 11 is 3.13. The maximum absolute atomic E-state index is 9.43. The molecule has 4 aliphatic rings. The predicted molar refractivity (Wildman–Crippen MR) is 298 cm³/mol. The van der Waals surface area contributed by atoms with Gasteiger partial charge in [0, 0.05) is 117 Å². The van der Waals surface area contributed by atoms with Crippen LogP contribution in [0.5, 0.6) is 40.2 Å². The van der Waals surface area contributed by atoms with Gasteiger partial charge in [-0.25, -0.2) is 4.98 Å². The van der Waals surface area contributed by atoms with Crippen LogP contribution in [0.1, 0.15) is 0 Å². The number of pyridine rings is 1. The first-order chi connectivity index (χ1) is 37.7. The van der Waals surface area contributed by atoms with E-state index >= 15 is 0 Å². The van der Waals surface area contributed by atoms with E-state index in [1.807, 2.05) is 36.7 Å². The Balaban J connectivity index is 0.000000186. The van der Waals surface area contributed by atoms with Crippen LogP contribution in [0.2, 0.25) is 0 Å². The minimum absolute atomic E-state index is 0.0989. The van der Waals surface area contributed by atoms with Gasteiger partial charge in [0.25, 0.3) is 0 Å². The molecule has 0 saturated carbocycles. The smallest absolute Gasteiger partial charge is 0.488 e. The number of para-hydroxylation sites is 1. The predicted octanol–water partition coefficient (Wildman–Crippen LogP) is 4.98. The number of aromatic amines is 1. The van der Waals surface area contributed by atoms with Crippen molar-refractivity contribution in [2.45, 2.75) is 0 Å². The highest BCUT2D eigenvalue weighted by Gasteiger charge is 2.20. The third-order valence-electron chi connectivity index (χ3n) is 13.5. The summed E-state index contributed by atoms with van der Waals surface area (Å²) in [6.07, 6.45) is 3.89. The van der Waals surface area contributed by atoms with Gasteiger partial charge in [-0.2, -0.15) is 0 Å². The largest absolute Gasteiger partial charge is 0.504 e. The van der Waals surface area contributed by atoms with E-state index in [0.717, 1.165) is 186 Å². The highest BCUT2D eigenvalue weighted by atomic mass is 79.9. The second kappa shape index (κ2) is 30.5. The van der Waals surface area contributed by atoms with Gasteiger partial charge < -0.3 is 67.9 Å².